The van der Waals surface area contributed by atoms with Gasteiger partial charge >= 0.3 is 0 Å². The molecule has 0 aliphatic carbocycles. The zero-order valence-electron chi connectivity index (χ0n) is 19.8. The van der Waals surface area contributed by atoms with Crippen LogP contribution in [0.2, 0.25) is 5.02 Å². The summed E-state index contributed by atoms with van der Waals surface area (Å²) in [7, 11) is 0. The Bertz CT molecular complexity index is 1170. The summed E-state index contributed by atoms with van der Waals surface area (Å²) in [6.45, 7) is 6.89. The van der Waals surface area contributed by atoms with Crippen molar-refractivity contribution in [2.24, 2.45) is 0 Å². The van der Waals surface area contributed by atoms with E-state index in [1.165, 1.54) is 10.6 Å². The molecule has 1 saturated heterocycles. The molecule has 1 unspecified atom stereocenters. The number of amides is 1. The Morgan fingerprint density at radius 3 is 2.57 bits per heavy atom. The predicted molar refractivity (Wildman–Crippen MR) is 141 cm³/mol. The molecule has 3 aromatic rings. The van der Waals surface area contributed by atoms with Crippen LogP contribution in [0.3, 0.4) is 0 Å². The molecule has 0 spiro atoms. The highest BCUT2D eigenvalue weighted by molar-refractivity contribution is 7.99. The SMILES string of the molecule is CC(Oc1ccccc1)C(=O)N1CCN(CCCN2c3ccccc3Sc3cc(Cl)cnc32)CC1. The molecule has 8 heteroatoms. The summed E-state index contributed by atoms with van der Waals surface area (Å²) < 4.78 is 5.83. The summed E-state index contributed by atoms with van der Waals surface area (Å²) in [6, 6.07) is 20.0. The molecule has 0 radical (unpaired) electrons. The van der Waals surface area contributed by atoms with Crippen molar-refractivity contribution in [1.82, 2.24) is 14.8 Å². The second kappa shape index (κ2) is 10.9. The molecule has 6 nitrogen and oxygen atoms in total. The lowest BCUT2D eigenvalue weighted by Crippen LogP contribution is -2.52. The number of ether oxygens (including phenoxy) is 1. The van der Waals surface area contributed by atoms with Crippen molar-refractivity contribution in [3.05, 3.63) is 71.9 Å². The van der Waals surface area contributed by atoms with Gasteiger partial charge in [-0.15, -0.1) is 0 Å². The van der Waals surface area contributed by atoms with Crippen LogP contribution in [-0.2, 0) is 4.79 Å². The molecule has 2 aliphatic heterocycles. The van der Waals surface area contributed by atoms with E-state index < -0.39 is 6.10 Å². The molecule has 182 valence electrons. The number of aromatic nitrogens is 1. The topological polar surface area (TPSA) is 48.9 Å². The minimum atomic E-state index is -0.484. The molecule has 1 amide bonds. The summed E-state index contributed by atoms with van der Waals surface area (Å²) in [5.41, 5.74) is 1.20. The summed E-state index contributed by atoms with van der Waals surface area (Å²) in [5, 5.41) is 0.659. The van der Waals surface area contributed by atoms with Crippen molar-refractivity contribution in [1.29, 1.82) is 0 Å². The number of carbonyl (C=O) groups excluding carboxylic acids is 1. The van der Waals surface area contributed by atoms with Gasteiger partial charge in [-0.2, -0.15) is 0 Å². The Balaban J connectivity index is 1.13. The molecule has 3 heterocycles. The van der Waals surface area contributed by atoms with Crippen molar-refractivity contribution in [2.45, 2.75) is 29.2 Å². The largest absolute Gasteiger partial charge is 0.481 e. The molecule has 35 heavy (non-hydrogen) atoms. The first-order valence-corrected chi connectivity index (χ1v) is 13.2. The van der Waals surface area contributed by atoms with Gasteiger partial charge in [0.05, 0.1) is 15.6 Å². The minimum absolute atomic E-state index is 0.0530. The molecule has 0 saturated carbocycles. The van der Waals surface area contributed by atoms with E-state index in [9.17, 15) is 4.79 Å². The van der Waals surface area contributed by atoms with Crippen LogP contribution in [0.5, 0.6) is 5.75 Å². The number of benzene rings is 2. The fourth-order valence-electron chi connectivity index (χ4n) is 4.57. The lowest BCUT2D eigenvalue weighted by atomic mass is 10.2. The Hall–Kier alpha value is -2.74. The van der Waals surface area contributed by atoms with E-state index in [1.807, 2.05) is 48.2 Å². The van der Waals surface area contributed by atoms with Crippen LogP contribution in [-0.4, -0.2) is 66.1 Å². The highest BCUT2D eigenvalue weighted by Gasteiger charge is 2.27. The lowest BCUT2D eigenvalue weighted by molar-refractivity contribution is -0.139. The number of para-hydroxylation sites is 2. The number of hydrogen-bond donors (Lipinski definition) is 0. The van der Waals surface area contributed by atoms with Crippen LogP contribution in [0.25, 0.3) is 0 Å². The van der Waals surface area contributed by atoms with E-state index in [-0.39, 0.29) is 5.91 Å². The minimum Gasteiger partial charge on any atom is -0.481 e. The third-order valence-electron chi connectivity index (χ3n) is 6.38. The van der Waals surface area contributed by atoms with Gasteiger partial charge in [-0.3, -0.25) is 9.69 Å². The molecule has 2 aliphatic rings. The van der Waals surface area contributed by atoms with Crippen LogP contribution in [0.15, 0.2) is 76.7 Å². The molecule has 0 N–H and O–H groups in total. The number of fused-ring (bicyclic) bond motifs is 2. The quantitative estimate of drug-likeness (QED) is 0.429. The second-order valence-corrected chi connectivity index (χ2v) is 10.3. The number of piperazine rings is 1. The molecular formula is C27H29ClN4O2S. The Labute approximate surface area is 215 Å². The average molecular weight is 509 g/mol. The first-order chi connectivity index (χ1) is 17.1. The number of carbonyl (C=O) groups is 1. The second-order valence-electron chi connectivity index (χ2n) is 8.79. The van der Waals surface area contributed by atoms with Gasteiger partial charge in [0.15, 0.2) is 6.10 Å². The number of hydrogen-bond acceptors (Lipinski definition) is 6. The van der Waals surface area contributed by atoms with Crippen molar-refractivity contribution < 1.29 is 9.53 Å². The van der Waals surface area contributed by atoms with Gasteiger partial charge in [-0.05, 0) is 50.2 Å². The van der Waals surface area contributed by atoms with Crippen LogP contribution in [0, 0.1) is 0 Å². The van der Waals surface area contributed by atoms with E-state index >= 15 is 0 Å². The number of pyridine rings is 1. The molecule has 5 rings (SSSR count). The Morgan fingerprint density at radius 1 is 1.03 bits per heavy atom. The zero-order chi connectivity index (χ0) is 24.2. The highest BCUT2D eigenvalue weighted by atomic mass is 35.5. The van der Waals surface area contributed by atoms with Gasteiger partial charge in [0.1, 0.15) is 11.6 Å². The van der Waals surface area contributed by atoms with E-state index in [1.54, 1.807) is 18.0 Å². The standard InChI is InChI=1S/C27H29ClN4O2S/c1-20(34-22-8-3-2-4-9-22)27(33)31-16-14-30(15-17-31)12-7-13-32-23-10-5-6-11-24(23)35-25-18-21(28)19-29-26(25)32/h2-6,8-11,18-20H,7,12-17H2,1H3. The summed E-state index contributed by atoms with van der Waals surface area (Å²) in [5.74, 6) is 1.75. The van der Waals surface area contributed by atoms with E-state index in [0.29, 0.717) is 5.02 Å². The van der Waals surface area contributed by atoms with Crippen LogP contribution < -0.4 is 9.64 Å². The van der Waals surface area contributed by atoms with Gasteiger partial charge in [0, 0.05) is 43.8 Å². The fraction of sp³-hybridized carbons (Fsp3) is 0.333. The summed E-state index contributed by atoms with van der Waals surface area (Å²) >= 11 is 7.94. The van der Waals surface area contributed by atoms with Gasteiger partial charge in [-0.1, -0.05) is 53.7 Å². The Kier molecular flexibility index (Phi) is 7.46. The highest BCUT2D eigenvalue weighted by Crippen LogP contribution is 2.47. The van der Waals surface area contributed by atoms with Gasteiger partial charge in [-0.25, -0.2) is 4.98 Å². The first-order valence-electron chi connectivity index (χ1n) is 12.0. The smallest absolute Gasteiger partial charge is 0.263 e. The van der Waals surface area contributed by atoms with Gasteiger partial charge < -0.3 is 14.5 Å². The lowest BCUT2D eigenvalue weighted by Gasteiger charge is -2.36. The Morgan fingerprint density at radius 2 is 1.77 bits per heavy atom. The van der Waals surface area contributed by atoms with E-state index in [0.717, 1.165) is 62.2 Å². The first kappa shape index (κ1) is 24.0. The third-order valence-corrected chi connectivity index (χ3v) is 7.67. The van der Waals surface area contributed by atoms with Crippen LogP contribution in [0.1, 0.15) is 13.3 Å². The molecule has 2 aromatic carbocycles. The molecule has 1 fully saturated rings. The average Bonchev–Trinajstić information content (AvgIpc) is 2.88. The predicted octanol–water partition coefficient (Wildman–Crippen LogP) is 5.34. The fourth-order valence-corrected chi connectivity index (χ4v) is 5.90. The number of halogens is 1. The molecule has 1 aromatic heterocycles. The normalized spacial score (nSPS) is 16.4. The maximum atomic E-state index is 12.8. The molecular weight excluding hydrogens is 480 g/mol. The van der Waals surface area contributed by atoms with Crippen LogP contribution >= 0.6 is 23.4 Å². The van der Waals surface area contributed by atoms with Crippen molar-refractivity contribution in [3.8, 4) is 5.75 Å². The number of rotatable bonds is 7. The maximum Gasteiger partial charge on any atom is 0.263 e. The molecule has 1 atom stereocenters. The third kappa shape index (κ3) is 5.58. The van der Waals surface area contributed by atoms with Gasteiger partial charge in [0.2, 0.25) is 0 Å². The molecule has 0 bridgehead atoms. The maximum absolute atomic E-state index is 12.8. The van der Waals surface area contributed by atoms with Gasteiger partial charge in [0.25, 0.3) is 5.91 Å². The zero-order valence-corrected chi connectivity index (χ0v) is 21.3. The number of anilines is 2. The van der Waals surface area contributed by atoms with Crippen molar-refractivity contribution in [3.63, 3.8) is 0 Å². The summed E-state index contributed by atoms with van der Waals surface area (Å²) in [6.07, 6.45) is 2.24. The summed E-state index contributed by atoms with van der Waals surface area (Å²) in [4.78, 5) is 26.5. The van der Waals surface area contributed by atoms with Crippen molar-refractivity contribution >= 4 is 40.8 Å². The van der Waals surface area contributed by atoms with Crippen molar-refractivity contribution in [2.75, 3.05) is 44.2 Å². The number of nitrogens with zero attached hydrogens (tertiary/aromatic N) is 4. The van der Waals surface area contributed by atoms with E-state index in [2.05, 4.69) is 39.0 Å². The van der Waals surface area contributed by atoms with Crippen LogP contribution in [0.4, 0.5) is 11.5 Å². The van der Waals surface area contributed by atoms with E-state index in [4.69, 9.17) is 16.3 Å². The monoisotopic (exact) mass is 508 g/mol.